The molecule has 0 radical (unpaired) electrons. The Hall–Kier alpha value is 1.52. The molecule has 0 bridgehead atoms. The number of halogens is 3. The molecule has 0 saturated heterocycles. The Morgan fingerprint density at radius 3 is 1.81 bits per heavy atom. The summed E-state index contributed by atoms with van der Waals surface area (Å²) in [6.45, 7) is -3.83. The van der Waals surface area contributed by atoms with Gasteiger partial charge >= 0.3 is 14.3 Å². The SMILES string of the molecule is COP(=O)(OC)C(OP(N)(=O)S)C(Cl)(Cl)Cl. The maximum Gasteiger partial charge on any atom is 0.363 e. The Labute approximate surface area is 113 Å². The van der Waals surface area contributed by atoms with Crippen LogP contribution in [-0.2, 0) is 22.7 Å². The number of hydrogen-bond donors (Lipinski definition) is 2. The van der Waals surface area contributed by atoms with Gasteiger partial charge in [0.1, 0.15) is 0 Å². The molecule has 0 amide bonds. The molecule has 0 aliphatic carbocycles. The summed E-state index contributed by atoms with van der Waals surface area (Å²) in [5.74, 6) is -1.76. The monoisotopic (exact) mass is 351 g/mol. The molecule has 2 N–H and O–H groups in total. The third-order valence-corrected chi connectivity index (χ3v) is 5.43. The summed E-state index contributed by atoms with van der Waals surface area (Å²) in [7, 11) is -1.82. The molecule has 2 atom stereocenters. The Bertz CT molecular complexity index is 322. The minimum absolute atomic E-state index is 1.05. The second kappa shape index (κ2) is 6.11. The van der Waals surface area contributed by atoms with Gasteiger partial charge in [-0.25, -0.2) is 0 Å². The van der Waals surface area contributed by atoms with Gasteiger partial charge in [-0.15, -0.1) is 0 Å². The summed E-state index contributed by atoms with van der Waals surface area (Å²) in [6.07, 6.45) is 0. The number of hydrogen-bond acceptors (Lipinski definition) is 5. The predicted molar refractivity (Wildman–Crippen MR) is 67.6 cm³/mol. The number of nitrogens with two attached hydrogens (primary N) is 1. The second-order valence-corrected chi connectivity index (χ2v) is 10.1. The lowest BCUT2D eigenvalue weighted by molar-refractivity contribution is 0.197. The third-order valence-electron chi connectivity index (χ3n) is 1.33. The van der Waals surface area contributed by atoms with E-state index in [2.05, 4.69) is 25.8 Å². The molecule has 0 rings (SSSR count). The normalized spacial score (nSPS) is 19.2. The summed E-state index contributed by atoms with van der Waals surface area (Å²) in [6, 6.07) is 0. The lowest BCUT2D eigenvalue weighted by Gasteiger charge is -2.29. The van der Waals surface area contributed by atoms with E-state index in [1.54, 1.807) is 0 Å². The fourth-order valence-corrected chi connectivity index (χ4v) is 4.82. The first-order valence-corrected chi connectivity index (χ1v) is 9.13. The van der Waals surface area contributed by atoms with E-state index in [4.69, 9.17) is 40.3 Å². The minimum Gasteiger partial charge on any atom is -0.310 e. The van der Waals surface area contributed by atoms with Crippen LogP contribution in [-0.4, -0.2) is 23.9 Å². The minimum atomic E-state index is -3.93. The molecule has 0 aliphatic rings. The standard InChI is InChI=1S/C4H10Cl3NO5P2S/c1-11-14(9,12-2)3(4(5,6)7)13-15(8,10)16/h3H,1-2H3,(H3,8,10,16). The van der Waals surface area contributed by atoms with Crippen molar-refractivity contribution in [2.75, 3.05) is 14.2 Å². The molecule has 0 aromatic carbocycles. The first kappa shape index (κ1) is 17.5. The van der Waals surface area contributed by atoms with E-state index in [1.165, 1.54) is 0 Å². The zero-order valence-corrected chi connectivity index (χ0v) is 13.1. The third kappa shape index (κ3) is 5.44. The number of alkyl halides is 3. The lowest BCUT2D eigenvalue weighted by atomic mass is 10.8. The molecule has 98 valence electrons. The Morgan fingerprint density at radius 1 is 1.25 bits per heavy atom. The molecule has 0 heterocycles. The van der Waals surface area contributed by atoms with Crippen molar-refractivity contribution in [2.45, 2.75) is 9.64 Å². The predicted octanol–water partition coefficient (Wildman–Crippen LogP) is 3.18. The fraction of sp³-hybridized carbons (Fsp3) is 1.00. The molecular weight excluding hydrogens is 342 g/mol. The number of rotatable bonds is 5. The van der Waals surface area contributed by atoms with Gasteiger partial charge in [0.05, 0.1) is 0 Å². The zero-order chi connectivity index (χ0) is 13.2. The number of thiol groups is 1. The van der Waals surface area contributed by atoms with Crippen molar-refractivity contribution >= 4 is 61.4 Å². The highest BCUT2D eigenvalue weighted by atomic mass is 35.6. The van der Waals surface area contributed by atoms with Gasteiger partial charge in [-0.05, 0) is 0 Å². The average molecular weight is 352 g/mol. The topological polar surface area (TPSA) is 87.8 Å². The van der Waals surface area contributed by atoms with Crippen LogP contribution in [0.25, 0.3) is 0 Å². The van der Waals surface area contributed by atoms with E-state index in [-0.39, 0.29) is 0 Å². The molecule has 0 fully saturated rings. The van der Waals surface area contributed by atoms with Gasteiger partial charge in [-0.3, -0.25) is 19.2 Å². The Kier molecular flexibility index (Phi) is 6.69. The maximum absolute atomic E-state index is 11.9. The first-order chi connectivity index (χ1) is 6.96. The van der Waals surface area contributed by atoms with Gasteiger partial charge < -0.3 is 9.05 Å². The van der Waals surface area contributed by atoms with E-state index in [0.717, 1.165) is 14.2 Å². The second-order valence-electron chi connectivity index (χ2n) is 2.47. The van der Waals surface area contributed by atoms with Gasteiger partial charge in [-0.2, -0.15) is 0 Å². The molecule has 0 aromatic heterocycles. The highest BCUT2D eigenvalue weighted by Gasteiger charge is 2.51. The summed E-state index contributed by atoms with van der Waals surface area (Å²) < 4.78 is 34.7. The highest BCUT2D eigenvalue weighted by molar-refractivity contribution is 8.45. The van der Waals surface area contributed by atoms with Crippen molar-refractivity contribution in [1.82, 2.24) is 0 Å². The van der Waals surface area contributed by atoms with Gasteiger partial charge in [0.2, 0.25) is 9.64 Å². The van der Waals surface area contributed by atoms with Crippen LogP contribution in [0, 0.1) is 0 Å². The maximum atomic E-state index is 11.9. The van der Waals surface area contributed by atoms with E-state index in [0.29, 0.717) is 0 Å². The van der Waals surface area contributed by atoms with Crippen LogP contribution in [0.15, 0.2) is 0 Å². The van der Waals surface area contributed by atoms with Crippen LogP contribution in [0.1, 0.15) is 0 Å². The van der Waals surface area contributed by atoms with Crippen molar-refractivity contribution < 1.29 is 22.7 Å². The van der Waals surface area contributed by atoms with Gasteiger partial charge in [-0.1, -0.05) is 47.1 Å². The van der Waals surface area contributed by atoms with E-state index in [1.807, 2.05) is 0 Å². The van der Waals surface area contributed by atoms with Crippen molar-refractivity contribution in [3.63, 3.8) is 0 Å². The van der Waals surface area contributed by atoms with Crippen LogP contribution in [0.3, 0.4) is 0 Å². The van der Waals surface area contributed by atoms with E-state index >= 15 is 0 Å². The summed E-state index contributed by atoms with van der Waals surface area (Å²) in [5.41, 5.74) is 5.03. The van der Waals surface area contributed by atoms with Crippen LogP contribution in [0.5, 0.6) is 0 Å². The van der Waals surface area contributed by atoms with Crippen LogP contribution in [0.4, 0.5) is 0 Å². The largest absolute Gasteiger partial charge is 0.363 e. The van der Waals surface area contributed by atoms with E-state index in [9.17, 15) is 9.13 Å². The molecule has 0 spiro atoms. The first-order valence-electron chi connectivity index (χ1n) is 3.54. The Balaban J connectivity index is 5.27. The molecule has 16 heavy (non-hydrogen) atoms. The fourth-order valence-electron chi connectivity index (χ4n) is 0.706. The molecule has 2 unspecified atom stereocenters. The Morgan fingerprint density at radius 2 is 1.62 bits per heavy atom. The van der Waals surface area contributed by atoms with Crippen molar-refractivity contribution in [1.29, 1.82) is 0 Å². The quantitative estimate of drug-likeness (QED) is 0.449. The summed E-state index contributed by atoms with van der Waals surface area (Å²) in [4.78, 5) is 0. The highest BCUT2D eigenvalue weighted by Crippen LogP contribution is 2.64. The van der Waals surface area contributed by atoms with E-state index < -0.39 is 24.0 Å². The summed E-state index contributed by atoms with van der Waals surface area (Å²) in [5, 5.41) is 0. The lowest BCUT2D eigenvalue weighted by Crippen LogP contribution is -2.29. The van der Waals surface area contributed by atoms with Crippen molar-refractivity contribution in [2.24, 2.45) is 5.50 Å². The molecule has 6 nitrogen and oxygen atoms in total. The van der Waals surface area contributed by atoms with Gasteiger partial charge in [0.15, 0.2) is 0 Å². The molecule has 0 aliphatic heterocycles. The van der Waals surface area contributed by atoms with Crippen LogP contribution >= 0.6 is 61.4 Å². The smallest absolute Gasteiger partial charge is 0.310 e. The van der Waals surface area contributed by atoms with Gasteiger partial charge in [0.25, 0.3) is 0 Å². The van der Waals surface area contributed by atoms with Crippen LogP contribution < -0.4 is 5.50 Å². The van der Waals surface area contributed by atoms with Crippen LogP contribution in [0.2, 0.25) is 0 Å². The van der Waals surface area contributed by atoms with Crippen molar-refractivity contribution in [3.8, 4) is 0 Å². The van der Waals surface area contributed by atoms with Gasteiger partial charge in [0, 0.05) is 14.2 Å². The molecular formula is C4H10Cl3NO5P2S. The van der Waals surface area contributed by atoms with Crippen molar-refractivity contribution in [3.05, 3.63) is 0 Å². The average Bonchev–Trinajstić information content (AvgIpc) is 2.10. The molecule has 12 heteroatoms. The zero-order valence-electron chi connectivity index (χ0n) is 8.17. The molecule has 0 aromatic rings. The molecule has 0 saturated carbocycles. The summed E-state index contributed by atoms with van der Waals surface area (Å²) >= 11 is 20.0.